The average molecular weight is 484 g/mol. The summed E-state index contributed by atoms with van der Waals surface area (Å²) in [6, 6.07) is 11.3. The van der Waals surface area contributed by atoms with Crippen LogP contribution in [-0.4, -0.2) is 46.8 Å². The summed E-state index contributed by atoms with van der Waals surface area (Å²) in [6.45, 7) is 1.41. The maximum absolute atomic E-state index is 13.2. The number of nitrogens with one attached hydrogen (secondary N) is 2. The molecule has 4 aromatic rings. The Labute approximate surface area is 195 Å². The van der Waals surface area contributed by atoms with Gasteiger partial charge in [-0.25, -0.2) is 22.2 Å². The van der Waals surface area contributed by atoms with E-state index in [1.807, 2.05) is 0 Å². The highest BCUT2D eigenvalue weighted by molar-refractivity contribution is 7.89. The molecule has 2 heterocycles. The van der Waals surface area contributed by atoms with E-state index >= 15 is 0 Å². The molecular formula is C23H22FN5O4S. The number of aromatic nitrogens is 3. The number of benzene rings is 2. The number of hydrogen-bond donors (Lipinski definition) is 3. The van der Waals surface area contributed by atoms with Crippen molar-refractivity contribution in [3.05, 3.63) is 84.1 Å². The number of aliphatic hydroxyl groups is 1. The van der Waals surface area contributed by atoms with Crippen molar-refractivity contribution in [1.82, 2.24) is 24.8 Å². The minimum atomic E-state index is -3.75. The SMILES string of the molecule is C[C@H](CO)NS(=O)(=O)c1ccc(CNC(=O)c2cncc3c2cnn3-c2ccc(F)cc2)cc1. The number of fused-ring (bicyclic) bond motifs is 1. The molecule has 0 spiro atoms. The van der Waals surface area contributed by atoms with Crippen LogP contribution in [0.2, 0.25) is 0 Å². The first-order chi connectivity index (χ1) is 16.3. The third-order valence-electron chi connectivity index (χ3n) is 5.13. The first-order valence-corrected chi connectivity index (χ1v) is 11.8. The lowest BCUT2D eigenvalue weighted by molar-refractivity contribution is 0.0952. The lowest BCUT2D eigenvalue weighted by Crippen LogP contribution is -2.35. The molecule has 4 rings (SSSR count). The van der Waals surface area contributed by atoms with Gasteiger partial charge in [0.25, 0.3) is 5.91 Å². The maximum atomic E-state index is 13.2. The Kier molecular flexibility index (Phi) is 6.68. The second-order valence-corrected chi connectivity index (χ2v) is 9.40. The van der Waals surface area contributed by atoms with Crippen molar-refractivity contribution in [3.63, 3.8) is 0 Å². The number of pyridine rings is 1. The lowest BCUT2D eigenvalue weighted by Gasteiger charge is -2.12. The standard InChI is InChI=1S/C23H22FN5O4S/c1-15(14-30)28-34(32,33)19-8-2-16(3-9-19)10-26-23(31)21-11-25-13-22-20(21)12-27-29(22)18-6-4-17(24)5-7-18/h2-9,11-13,15,28,30H,10,14H2,1H3,(H,26,31)/t15-/m1/s1. The van der Waals surface area contributed by atoms with E-state index in [1.165, 1.54) is 30.5 Å². The number of halogens is 1. The van der Waals surface area contributed by atoms with Crippen molar-refractivity contribution in [2.75, 3.05) is 6.61 Å². The van der Waals surface area contributed by atoms with Gasteiger partial charge in [0.1, 0.15) is 5.82 Å². The third-order valence-corrected chi connectivity index (χ3v) is 6.74. The average Bonchev–Trinajstić information content (AvgIpc) is 3.27. The molecule has 2 aromatic heterocycles. The van der Waals surface area contributed by atoms with Crippen LogP contribution < -0.4 is 10.0 Å². The molecule has 0 aliphatic rings. The van der Waals surface area contributed by atoms with Gasteiger partial charge >= 0.3 is 0 Å². The Balaban J connectivity index is 1.48. The van der Waals surface area contributed by atoms with Crippen LogP contribution in [0.4, 0.5) is 4.39 Å². The summed E-state index contributed by atoms with van der Waals surface area (Å²) < 4.78 is 41.8. The third kappa shape index (κ3) is 4.96. The van der Waals surface area contributed by atoms with Crippen LogP contribution in [0.1, 0.15) is 22.8 Å². The molecule has 0 fully saturated rings. The molecule has 1 atom stereocenters. The molecule has 1 amide bonds. The van der Waals surface area contributed by atoms with Crippen LogP contribution in [0.5, 0.6) is 0 Å². The molecule has 0 saturated carbocycles. The number of nitrogens with zero attached hydrogens (tertiary/aromatic N) is 3. The quantitative estimate of drug-likeness (QED) is 0.353. The molecule has 0 saturated heterocycles. The molecule has 0 bridgehead atoms. The van der Waals surface area contributed by atoms with E-state index in [0.29, 0.717) is 27.7 Å². The van der Waals surface area contributed by atoms with Gasteiger partial charge in [-0.2, -0.15) is 5.10 Å². The predicted octanol–water partition coefficient (Wildman–Crippen LogP) is 2.15. The molecule has 11 heteroatoms. The Hall–Kier alpha value is -3.67. The van der Waals surface area contributed by atoms with Crippen LogP contribution in [-0.2, 0) is 16.6 Å². The normalized spacial score (nSPS) is 12.6. The number of rotatable bonds is 8. The summed E-state index contributed by atoms with van der Waals surface area (Å²) in [6.07, 6.45) is 4.57. The van der Waals surface area contributed by atoms with Gasteiger partial charge in [-0.15, -0.1) is 0 Å². The number of carbonyl (C=O) groups is 1. The van der Waals surface area contributed by atoms with Crippen LogP contribution in [0, 0.1) is 5.82 Å². The first-order valence-electron chi connectivity index (χ1n) is 10.4. The number of aliphatic hydroxyl groups excluding tert-OH is 1. The molecule has 0 aliphatic heterocycles. The Morgan fingerprint density at radius 1 is 1.09 bits per heavy atom. The predicted molar refractivity (Wildman–Crippen MR) is 123 cm³/mol. The Morgan fingerprint density at radius 2 is 1.79 bits per heavy atom. The van der Waals surface area contributed by atoms with E-state index in [-0.39, 0.29) is 29.8 Å². The van der Waals surface area contributed by atoms with E-state index in [2.05, 4.69) is 20.1 Å². The zero-order valence-electron chi connectivity index (χ0n) is 18.1. The van der Waals surface area contributed by atoms with Gasteiger partial charge in [-0.3, -0.25) is 9.78 Å². The molecule has 0 aliphatic carbocycles. The summed E-state index contributed by atoms with van der Waals surface area (Å²) in [5.74, 6) is -0.730. The Morgan fingerprint density at radius 3 is 2.47 bits per heavy atom. The molecule has 0 radical (unpaired) electrons. The van der Waals surface area contributed by atoms with Gasteiger partial charge in [-0.05, 0) is 48.9 Å². The molecular weight excluding hydrogens is 461 g/mol. The van der Waals surface area contributed by atoms with Crippen molar-refractivity contribution in [1.29, 1.82) is 0 Å². The maximum Gasteiger partial charge on any atom is 0.253 e. The fraction of sp³-hybridized carbons (Fsp3) is 0.174. The van der Waals surface area contributed by atoms with Crippen LogP contribution in [0.3, 0.4) is 0 Å². The summed E-state index contributed by atoms with van der Waals surface area (Å²) in [5, 5.41) is 16.7. The minimum Gasteiger partial charge on any atom is -0.395 e. The second kappa shape index (κ2) is 9.67. The molecule has 3 N–H and O–H groups in total. The molecule has 9 nitrogen and oxygen atoms in total. The van der Waals surface area contributed by atoms with Gasteiger partial charge in [0.05, 0.1) is 40.7 Å². The van der Waals surface area contributed by atoms with E-state index in [0.717, 1.165) is 0 Å². The molecule has 2 aromatic carbocycles. The highest BCUT2D eigenvalue weighted by Crippen LogP contribution is 2.21. The molecule has 0 unspecified atom stereocenters. The number of amides is 1. The zero-order chi connectivity index (χ0) is 24.3. The number of hydrogen-bond acceptors (Lipinski definition) is 6. The summed E-state index contributed by atoms with van der Waals surface area (Å²) >= 11 is 0. The highest BCUT2D eigenvalue weighted by Gasteiger charge is 2.17. The van der Waals surface area contributed by atoms with Crippen molar-refractivity contribution < 1.29 is 22.7 Å². The lowest BCUT2D eigenvalue weighted by atomic mass is 10.1. The van der Waals surface area contributed by atoms with E-state index in [9.17, 15) is 17.6 Å². The van der Waals surface area contributed by atoms with Crippen molar-refractivity contribution in [2.45, 2.75) is 24.4 Å². The van der Waals surface area contributed by atoms with Gasteiger partial charge in [0.2, 0.25) is 10.0 Å². The second-order valence-electron chi connectivity index (χ2n) is 7.68. The van der Waals surface area contributed by atoms with Crippen LogP contribution >= 0.6 is 0 Å². The minimum absolute atomic E-state index is 0.0602. The Bertz CT molecular complexity index is 1420. The fourth-order valence-electron chi connectivity index (χ4n) is 3.34. The first kappa shape index (κ1) is 23.5. The van der Waals surface area contributed by atoms with Gasteiger partial charge in [-0.1, -0.05) is 12.1 Å². The molecule has 176 valence electrons. The van der Waals surface area contributed by atoms with E-state index in [1.54, 1.807) is 48.3 Å². The van der Waals surface area contributed by atoms with E-state index < -0.39 is 16.1 Å². The topological polar surface area (TPSA) is 126 Å². The van der Waals surface area contributed by atoms with Gasteiger partial charge < -0.3 is 10.4 Å². The summed E-state index contributed by atoms with van der Waals surface area (Å²) in [4.78, 5) is 17.0. The number of sulfonamides is 1. The molecule has 34 heavy (non-hydrogen) atoms. The summed E-state index contributed by atoms with van der Waals surface area (Å²) in [7, 11) is -3.75. The smallest absolute Gasteiger partial charge is 0.253 e. The monoisotopic (exact) mass is 483 g/mol. The fourth-order valence-corrected chi connectivity index (χ4v) is 4.58. The zero-order valence-corrected chi connectivity index (χ0v) is 19.0. The highest BCUT2D eigenvalue weighted by atomic mass is 32.2. The van der Waals surface area contributed by atoms with Crippen LogP contribution in [0.15, 0.2) is 72.0 Å². The largest absolute Gasteiger partial charge is 0.395 e. The van der Waals surface area contributed by atoms with Crippen molar-refractivity contribution in [2.24, 2.45) is 0 Å². The number of carbonyl (C=O) groups excluding carboxylic acids is 1. The van der Waals surface area contributed by atoms with Crippen molar-refractivity contribution >= 4 is 26.8 Å². The van der Waals surface area contributed by atoms with Gasteiger partial charge in [0, 0.05) is 24.2 Å². The van der Waals surface area contributed by atoms with Gasteiger partial charge in [0.15, 0.2) is 0 Å². The summed E-state index contributed by atoms with van der Waals surface area (Å²) in [5.41, 5.74) is 2.25. The van der Waals surface area contributed by atoms with Crippen molar-refractivity contribution in [3.8, 4) is 5.69 Å². The van der Waals surface area contributed by atoms with Crippen LogP contribution in [0.25, 0.3) is 16.6 Å². The van der Waals surface area contributed by atoms with E-state index in [4.69, 9.17) is 5.11 Å².